The van der Waals surface area contributed by atoms with Gasteiger partial charge < -0.3 is 4.74 Å². The fraction of sp³-hybridized carbons (Fsp3) is 0.700. The zero-order valence-electron chi connectivity index (χ0n) is 7.71. The lowest BCUT2D eigenvalue weighted by atomic mass is 9.89. The number of aliphatic imine (C=N–C) groups is 1. The monoisotopic (exact) mass is 165 g/mol. The van der Waals surface area contributed by atoms with Crippen molar-refractivity contribution in [2.75, 3.05) is 0 Å². The molecule has 2 atom stereocenters. The van der Waals surface area contributed by atoms with Gasteiger partial charge in [0.15, 0.2) is 5.90 Å². The summed E-state index contributed by atoms with van der Waals surface area (Å²) >= 11 is 0. The Morgan fingerprint density at radius 3 is 3.17 bits per heavy atom. The molecule has 1 aliphatic carbocycles. The van der Waals surface area contributed by atoms with Crippen LogP contribution in [0.5, 0.6) is 0 Å². The molecule has 2 unspecified atom stereocenters. The van der Waals surface area contributed by atoms with E-state index in [1.165, 1.54) is 6.42 Å². The first-order chi connectivity index (χ1) is 5.79. The molecule has 2 nitrogen and oxygen atoms in total. The van der Waals surface area contributed by atoms with Crippen molar-refractivity contribution < 1.29 is 4.74 Å². The van der Waals surface area contributed by atoms with Crippen molar-refractivity contribution in [3.8, 4) is 0 Å². The summed E-state index contributed by atoms with van der Waals surface area (Å²) in [6.45, 7) is 4.07. The van der Waals surface area contributed by atoms with Crippen molar-refractivity contribution in [1.29, 1.82) is 0 Å². The quantitative estimate of drug-likeness (QED) is 0.505. The number of allylic oxidation sites excluding steroid dienone is 1. The number of hydrogen-bond acceptors (Lipinski definition) is 2. The van der Waals surface area contributed by atoms with E-state index in [0.717, 1.165) is 18.7 Å². The van der Waals surface area contributed by atoms with Gasteiger partial charge in [0, 0.05) is 6.92 Å². The number of fused-ring (bicyclic) bond motifs is 1. The average Bonchev–Trinajstić information content (AvgIpc) is 2.43. The van der Waals surface area contributed by atoms with E-state index in [4.69, 9.17) is 4.74 Å². The molecule has 1 aliphatic heterocycles. The molecule has 0 aromatic carbocycles. The molecular formula is C10H15NO. The minimum absolute atomic E-state index is 0.383. The second kappa shape index (κ2) is 2.92. The van der Waals surface area contributed by atoms with Crippen LogP contribution >= 0.6 is 0 Å². The molecule has 2 heteroatoms. The zero-order valence-corrected chi connectivity index (χ0v) is 7.71. The van der Waals surface area contributed by atoms with Crippen LogP contribution in [0, 0.1) is 0 Å². The lowest BCUT2D eigenvalue weighted by Gasteiger charge is -2.24. The summed E-state index contributed by atoms with van der Waals surface area (Å²) in [5.41, 5.74) is 1.54. The predicted octanol–water partition coefficient (Wildman–Crippen LogP) is 2.30. The van der Waals surface area contributed by atoms with Gasteiger partial charge in [-0.15, -0.1) is 0 Å². The predicted molar refractivity (Wildman–Crippen MR) is 49.4 cm³/mol. The van der Waals surface area contributed by atoms with Gasteiger partial charge in [-0.1, -0.05) is 11.6 Å². The Morgan fingerprint density at radius 2 is 2.42 bits per heavy atom. The van der Waals surface area contributed by atoms with Crippen molar-refractivity contribution in [1.82, 2.24) is 0 Å². The SMILES string of the molecule is C/C=C1\CCC2OC(C)=NC2C1. The maximum absolute atomic E-state index is 5.58. The third kappa shape index (κ3) is 1.26. The molecule has 2 aliphatic rings. The summed E-state index contributed by atoms with van der Waals surface area (Å²) in [5.74, 6) is 0.877. The number of hydrogen-bond donors (Lipinski definition) is 0. The zero-order chi connectivity index (χ0) is 8.55. The largest absolute Gasteiger partial charge is 0.476 e. The average molecular weight is 165 g/mol. The smallest absolute Gasteiger partial charge is 0.180 e. The molecule has 0 saturated heterocycles. The van der Waals surface area contributed by atoms with E-state index in [9.17, 15) is 0 Å². The van der Waals surface area contributed by atoms with Gasteiger partial charge in [0.05, 0.1) is 6.04 Å². The molecule has 0 N–H and O–H groups in total. The van der Waals surface area contributed by atoms with Crippen LogP contribution in [0.4, 0.5) is 0 Å². The number of rotatable bonds is 0. The summed E-state index contributed by atoms with van der Waals surface area (Å²) in [6.07, 6.45) is 6.05. The van der Waals surface area contributed by atoms with Gasteiger partial charge in [-0.3, -0.25) is 0 Å². The van der Waals surface area contributed by atoms with Gasteiger partial charge in [0.25, 0.3) is 0 Å². The van der Waals surface area contributed by atoms with Crippen molar-refractivity contribution in [3.63, 3.8) is 0 Å². The Hall–Kier alpha value is -0.790. The lowest BCUT2D eigenvalue weighted by molar-refractivity contribution is 0.166. The number of ether oxygens (including phenoxy) is 1. The summed E-state index contributed by atoms with van der Waals surface area (Å²) in [4.78, 5) is 4.46. The highest BCUT2D eigenvalue weighted by Crippen LogP contribution is 2.31. The number of nitrogens with zero attached hydrogens (tertiary/aromatic N) is 1. The summed E-state index contributed by atoms with van der Waals surface area (Å²) in [5, 5.41) is 0. The molecule has 1 saturated carbocycles. The van der Waals surface area contributed by atoms with Crippen molar-refractivity contribution in [2.45, 2.75) is 45.3 Å². The molecule has 1 fully saturated rings. The molecule has 66 valence electrons. The Labute approximate surface area is 73.3 Å². The van der Waals surface area contributed by atoms with Crippen LogP contribution in [0.3, 0.4) is 0 Å². The second-order valence-corrected chi connectivity index (χ2v) is 3.56. The minimum Gasteiger partial charge on any atom is -0.476 e. The molecule has 0 bridgehead atoms. The van der Waals surface area contributed by atoms with E-state index in [0.29, 0.717) is 12.1 Å². The fourth-order valence-corrected chi connectivity index (χ4v) is 2.03. The van der Waals surface area contributed by atoms with Gasteiger partial charge in [-0.25, -0.2) is 4.99 Å². The second-order valence-electron chi connectivity index (χ2n) is 3.56. The van der Waals surface area contributed by atoms with E-state index < -0.39 is 0 Å². The molecule has 0 radical (unpaired) electrons. The van der Waals surface area contributed by atoms with Gasteiger partial charge in [0.1, 0.15) is 6.10 Å². The fourth-order valence-electron chi connectivity index (χ4n) is 2.03. The maximum atomic E-state index is 5.58. The van der Waals surface area contributed by atoms with Crippen LogP contribution in [0.1, 0.15) is 33.1 Å². The first kappa shape index (κ1) is 7.84. The molecule has 12 heavy (non-hydrogen) atoms. The summed E-state index contributed by atoms with van der Waals surface area (Å²) < 4.78 is 5.58. The molecule has 2 rings (SSSR count). The third-order valence-corrected chi connectivity index (χ3v) is 2.73. The van der Waals surface area contributed by atoms with Gasteiger partial charge in [0.2, 0.25) is 0 Å². The van der Waals surface area contributed by atoms with Crippen molar-refractivity contribution >= 4 is 5.90 Å². The summed E-state index contributed by atoms with van der Waals surface area (Å²) in [7, 11) is 0. The highest BCUT2D eigenvalue weighted by molar-refractivity contribution is 5.75. The van der Waals surface area contributed by atoms with Crippen LogP contribution in [0.25, 0.3) is 0 Å². The minimum atomic E-state index is 0.383. The van der Waals surface area contributed by atoms with Gasteiger partial charge in [-0.05, 0) is 26.2 Å². The highest BCUT2D eigenvalue weighted by Gasteiger charge is 2.32. The van der Waals surface area contributed by atoms with Crippen LogP contribution in [-0.2, 0) is 4.74 Å². The van der Waals surface area contributed by atoms with Crippen LogP contribution in [0.2, 0.25) is 0 Å². The van der Waals surface area contributed by atoms with Crippen LogP contribution in [-0.4, -0.2) is 18.0 Å². The lowest BCUT2D eigenvalue weighted by Crippen LogP contribution is -2.27. The Kier molecular flexibility index (Phi) is 1.91. The maximum Gasteiger partial charge on any atom is 0.180 e. The molecule has 0 aromatic rings. The highest BCUT2D eigenvalue weighted by atomic mass is 16.5. The first-order valence-electron chi connectivity index (χ1n) is 4.64. The van der Waals surface area contributed by atoms with Crippen molar-refractivity contribution in [2.24, 2.45) is 4.99 Å². The van der Waals surface area contributed by atoms with Gasteiger partial charge >= 0.3 is 0 Å². The summed E-state index contributed by atoms with van der Waals surface area (Å²) in [6, 6.07) is 0.421. The van der Waals surface area contributed by atoms with Crippen molar-refractivity contribution in [3.05, 3.63) is 11.6 Å². The molecule has 0 spiro atoms. The Morgan fingerprint density at radius 1 is 1.58 bits per heavy atom. The molecule has 0 amide bonds. The van der Waals surface area contributed by atoms with E-state index in [2.05, 4.69) is 18.0 Å². The third-order valence-electron chi connectivity index (χ3n) is 2.73. The topological polar surface area (TPSA) is 21.6 Å². The molecule has 0 aromatic heterocycles. The normalized spacial score (nSPS) is 37.5. The van der Waals surface area contributed by atoms with E-state index in [-0.39, 0.29) is 0 Å². The van der Waals surface area contributed by atoms with E-state index in [1.54, 1.807) is 5.57 Å². The van der Waals surface area contributed by atoms with E-state index >= 15 is 0 Å². The van der Waals surface area contributed by atoms with E-state index in [1.807, 2.05) is 6.92 Å². The molecule has 1 heterocycles. The first-order valence-corrected chi connectivity index (χ1v) is 4.64. The van der Waals surface area contributed by atoms with Crippen LogP contribution < -0.4 is 0 Å². The molecular weight excluding hydrogens is 150 g/mol. The van der Waals surface area contributed by atoms with Crippen LogP contribution in [0.15, 0.2) is 16.6 Å². The Bertz CT molecular complexity index is 242. The van der Waals surface area contributed by atoms with Gasteiger partial charge in [-0.2, -0.15) is 0 Å². The standard InChI is InChI=1S/C10H15NO/c1-3-8-4-5-10-9(6-8)11-7(2)12-10/h3,9-10H,4-6H2,1-2H3/b8-3+. The Balaban J connectivity index is 2.09.